The minimum absolute atomic E-state index is 0.00441. The molecule has 4 rings (SSSR count). The molecule has 12 nitrogen and oxygen atoms in total. The molecule has 0 unspecified atom stereocenters. The Labute approximate surface area is 215 Å². The first-order chi connectivity index (χ1) is 18.1. The number of nitro groups is 1. The third-order valence-electron chi connectivity index (χ3n) is 5.50. The number of amides is 4. The standard InChI is InChI=1S/C26H20N4O8/c1-15(31)38-20-7-3-5-17(11-20)24(33)28-18-6-2-4-16(10-18)13-27-23(32)14-29-25(34)21-9-8-19(30(36)37)12-22(21)26(29)35/h2-12H,13-14H2,1H3,(H,27,32)(H,28,33). The second-order valence-electron chi connectivity index (χ2n) is 8.24. The molecule has 0 saturated heterocycles. The van der Waals surface area contributed by atoms with Gasteiger partial charge in [-0.2, -0.15) is 0 Å². The topological polar surface area (TPSA) is 165 Å². The predicted molar refractivity (Wildman–Crippen MR) is 132 cm³/mol. The molecule has 1 heterocycles. The summed E-state index contributed by atoms with van der Waals surface area (Å²) in [6.45, 7) is 0.735. The number of carbonyl (C=O) groups is 5. The minimum atomic E-state index is -0.786. The highest BCUT2D eigenvalue weighted by atomic mass is 16.6. The molecule has 0 aromatic heterocycles. The summed E-state index contributed by atoms with van der Waals surface area (Å²) in [6.07, 6.45) is 0. The van der Waals surface area contributed by atoms with Crippen molar-refractivity contribution >= 4 is 41.0 Å². The Morgan fingerprint density at radius 1 is 0.947 bits per heavy atom. The van der Waals surface area contributed by atoms with Crippen molar-refractivity contribution in [1.29, 1.82) is 0 Å². The number of imide groups is 1. The van der Waals surface area contributed by atoms with Crippen LogP contribution in [0.25, 0.3) is 0 Å². The number of nitrogens with zero attached hydrogens (tertiary/aromatic N) is 2. The van der Waals surface area contributed by atoms with Gasteiger partial charge in [-0.1, -0.05) is 18.2 Å². The normalized spacial score (nSPS) is 12.1. The summed E-state index contributed by atoms with van der Waals surface area (Å²) in [4.78, 5) is 72.3. The largest absolute Gasteiger partial charge is 0.427 e. The van der Waals surface area contributed by atoms with Gasteiger partial charge < -0.3 is 15.4 Å². The lowest BCUT2D eigenvalue weighted by Gasteiger charge is -2.14. The van der Waals surface area contributed by atoms with Crippen LogP contribution >= 0.6 is 0 Å². The van der Waals surface area contributed by atoms with E-state index in [1.165, 1.54) is 19.1 Å². The number of carbonyl (C=O) groups excluding carboxylic acids is 5. The van der Waals surface area contributed by atoms with Gasteiger partial charge in [-0.3, -0.25) is 39.0 Å². The van der Waals surface area contributed by atoms with Crippen molar-refractivity contribution in [3.63, 3.8) is 0 Å². The maximum Gasteiger partial charge on any atom is 0.308 e. The van der Waals surface area contributed by atoms with Crippen LogP contribution in [0.5, 0.6) is 5.75 Å². The molecule has 0 radical (unpaired) electrons. The predicted octanol–water partition coefficient (Wildman–Crippen LogP) is 2.68. The molecule has 0 saturated carbocycles. The van der Waals surface area contributed by atoms with Crippen LogP contribution in [0.3, 0.4) is 0 Å². The fourth-order valence-corrected chi connectivity index (χ4v) is 3.77. The van der Waals surface area contributed by atoms with E-state index in [0.29, 0.717) is 11.3 Å². The molecule has 4 amide bonds. The average Bonchev–Trinajstić information content (AvgIpc) is 3.11. The highest BCUT2D eigenvalue weighted by Gasteiger charge is 2.37. The third kappa shape index (κ3) is 5.70. The molecule has 3 aromatic rings. The zero-order valence-corrected chi connectivity index (χ0v) is 19.9. The van der Waals surface area contributed by atoms with Crippen LogP contribution in [0.2, 0.25) is 0 Å². The van der Waals surface area contributed by atoms with Crippen LogP contribution in [0.15, 0.2) is 66.7 Å². The molecular weight excluding hydrogens is 496 g/mol. The van der Waals surface area contributed by atoms with Gasteiger partial charge in [-0.25, -0.2) is 0 Å². The molecule has 192 valence electrons. The molecule has 0 bridgehead atoms. The van der Waals surface area contributed by atoms with Gasteiger partial charge in [0, 0.05) is 36.9 Å². The molecule has 38 heavy (non-hydrogen) atoms. The lowest BCUT2D eigenvalue weighted by Crippen LogP contribution is -2.40. The zero-order chi connectivity index (χ0) is 27.4. The number of rotatable bonds is 8. The van der Waals surface area contributed by atoms with Crippen molar-refractivity contribution in [2.75, 3.05) is 11.9 Å². The zero-order valence-electron chi connectivity index (χ0n) is 19.9. The number of nitro benzene ring substituents is 1. The summed E-state index contributed by atoms with van der Waals surface area (Å²) in [5.41, 5.74) is 0.882. The number of non-ortho nitro benzene ring substituents is 1. The Balaban J connectivity index is 1.35. The van der Waals surface area contributed by atoms with Crippen LogP contribution in [0.1, 0.15) is 43.6 Å². The summed E-state index contributed by atoms with van der Waals surface area (Å²) < 4.78 is 4.99. The molecular formula is C26H20N4O8. The average molecular weight is 516 g/mol. The molecule has 0 atom stereocenters. The smallest absolute Gasteiger partial charge is 0.308 e. The van der Waals surface area contributed by atoms with Gasteiger partial charge in [-0.15, -0.1) is 0 Å². The van der Waals surface area contributed by atoms with Crippen molar-refractivity contribution in [3.05, 3.63) is 99.1 Å². The van der Waals surface area contributed by atoms with Crippen LogP contribution in [-0.4, -0.2) is 46.0 Å². The SMILES string of the molecule is CC(=O)Oc1cccc(C(=O)Nc2cccc(CNC(=O)CN3C(=O)c4ccc([N+](=O)[O-])cc4C3=O)c2)c1. The highest BCUT2D eigenvalue weighted by molar-refractivity contribution is 6.22. The number of hydrogen-bond acceptors (Lipinski definition) is 8. The molecule has 0 aliphatic carbocycles. The first kappa shape index (κ1) is 25.7. The number of anilines is 1. The third-order valence-corrected chi connectivity index (χ3v) is 5.50. The molecule has 0 fully saturated rings. The lowest BCUT2D eigenvalue weighted by atomic mass is 10.1. The van der Waals surface area contributed by atoms with Crippen LogP contribution in [0.4, 0.5) is 11.4 Å². The Hall–Kier alpha value is -5.39. The summed E-state index contributed by atoms with van der Waals surface area (Å²) in [5.74, 6) is -2.83. The van der Waals surface area contributed by atoms with Crippen molar-refractivity contribution in [2.45, 2.75) is 13.5 Å². The Morgan fingerprint density at radius 2 is 1.68 bits per heavy atom. The number of fused-ring (bicyclic) bond motifs is 1. The van der Waals surface area contributed by atoms with E-state index in [-0.39, 0.29) is 34.7 Å². The lowest BCUT2D eigenvalue weighted by molar-refractivity contribution is -0.384. The van der Waals surface area contributed by atoms with Gasteiger partial charge in [0.1, 0.15) is 12.3 Å². The Bertz CT molecular complexity index is 1500. The highest BCUT2D eigenvalue weighted by Crippen LogP contribution is 2.26. The first-order valence-electron chi connectivity index (χ1n) is 11.2. The first-order valence-corrected chi connectivity index (χ1v) is 11.2. The van der Waals surface area contributed by atoms with Gasteiger partial charge in [0.2, 0.25) is 5.91 Å². The van der Waals surface area contributed by atoms with E-state index in [2.05, 4.69) is 10.6 Å². The molecule has 3 aromatic carbocycles. The minimum Gasteiger partial charge on any atom is -0.427 e. The molecule has 1 aliphatic heterocycles. The van der Waals surface area contributed by atoms with Gasteiger partial charge in [0.15, 0.2) is 0 Å². The molecule has 2 N–H and O–H groups in total. The number of esters is 1. The monoisotopic (exact) mass is 516 g/mol. The summed E-state index contributed by atoms with van der Waals surface area (Å²) >= 11 is 0. The van der Waals surface area contributed by atoms with Crippen LogP contribution < -0.4 is 15.4 Å². The number of benzene rings is 3. The van der Waals surface area contributed by atoms with E-state index in [1.54, 1.807) is 42.5 Å². The van der Waals surface area contributed by atoms with Crippen molar-refractivity contribution in [2.24, 2.45) is 0 Å². The molecule has 1 aliphatic rings. The van der Waals surface area contributed by atoms with Crippen molar-refractivity contribution in [1.82, 2.24) is 10.2 Å². The van der Waals surface area contributed by atoms with Gasteiger partial charge in [0.05, 0.1) is 16.1 Å². The van der Waals surface area contributed by atoms with E-state index >= 15 is 0 Å². The van der Waals surface area contributed by atoms with E-state index in [1.807, 2.05) is 0 Å². The van der Waals surface area contributed by atoms with Gasteiger partial charge in [0.25, 0.3) is 23.4 Å². The van der Waals surface area contributed by atoms with E-state index in [0.717, 1.165) is 17.0 Å². The summed E-state index contributed by atoms with van der Waals surface area (Å²) in [6, 6.07) is 16.1. The summed E-state index contributed by atoms with van der Waals surface area (Å²) in [5, 5.41) is 16.3. The van der Waals surface area contributed by atoms with Crippen molar-refractivity contribution in [3.8, 4) is 5.75 Å². The number of nitrogens with one attached hydrogen (secondary N) is 2. The maximum absolute atomic E-state index is 12.6. The Kier molecular flexibility index (Phi) is 7.24. The molecule has 12 heteroatoms. The molecule has 0 spiro atoms. The van der Waals surface area contributed by atoms with E-state index in [4.69, 9.17) is 4.74 Å². The fraction of sp³-hybridized carbons (Fsp3) is 0.115. The maximum atomic E-state index is 12.6. The summed E-state index contributed by atoms with van der Waals surface area (Å²) in [7, 11) is 0. The number of hydrogen-bond donors (Lipinski definition) is 2. The second-order valence-corrected chi connectivity index (χ2v) is 8.24. The Morgan fingerprint density at radius 3 is 2.42 bits per heavy atom. The van der Waals surface area contributed by atoms with Crippen LogP contribution in [0, 0.1) is 10.1 Å². The van der Waals surface area contributed by atoms with E-state index in [9.17, 15) is 34.1 Å². The quantitative estimate of drug-likeness (QED) is 0.152. The van der Waals surface area contributed by atoms with E-state index < -0.39 is 41.1 Å². The van der Waals surface area contributed by atoms with Gasteiger partial charge >= 0.3 is 5.97 Å². The van der Waals surface area contributed by atoms with Crippen LogP contribution in [-0.2, 0) is 16.1 Å². The van der Waals surface area contributed by atoms with Crippen molar-refractivity contribution < 1.29 is 33.6 Å². The second kappa shape index (κ2) is 10.7. The fourth-order valence-electron chi connectivity index (χ4n) is 3.77. The number of ether oxygens (including phenoxy) is 1. The van der Waals surface area contributed by atoms with Gasteiger partial charge in [-0.05, 0) is 42.0 Å².